The molecule has 0 atom stereocenters. The SMILES string of the molecule is COc1ccc(/C=N/Nc2ccccc2)c(Br)c1OC. The molecule has 0 saturated heterocycles. The molecule has 0 saturated carbocycles. The van der Waals surface area contributed by atoms with Crippen LogP contribution >= 0.6 is 15.9 Å². The standard InChI is InChI=1S/C15H15BrN2O2/c1-19-13-9-8-11(14(16)15(13)20-2)10-17-18-12-6-4-3-5-7-12/h3-10,18H,1-2H3/b17-10+. The molecule has 0 heterocycles. The number of hydrogen-bond acceptors (Lipinski definition) is 4. The smallest absolute Gasteiger partial charge is 0.175 e. The quantitative estimate of drug-likeness (QED) is 0.665. The first kappa shape index (κ1) is 14.4. The van der Waals surface area contributed by atoms with E-state index >= 15 is 0 Å². The molecule has 0 radical (unpaired) electrons. The largest absolute Gasteiger partial charge is 0.493 e. The topological polar surface area (TPSA) is 42.8 Å². The van der Waals surface area contributed by atoms with E-state index in [1.807, 2.05) is 42.5 Å². The van der Waals surface area contributed by atoms with Gasteiger partial charge in [-0.15, -0.1) is 0 Å². The predicted octanol–water partition coefficient (Wildman–Crippen LogP) is 3.91. The van der Waals surface area contributed by atoms with Crippen molar-refractivity contribution in [2.24, 2.45) is 5.10 Å². The van der Waals surface area contributed by atoms with Gasteiger partial charge in [0.25, 0.3) is 0 Å². The number of nitrogens with zero attached hydrogens (tertiary/aromatic N) is 1. The van der Waals surface area contributed by atoms with Crippen LogP contribution in [0.1, 0.15) is 5.56 Å². The van der Waals surface area contributed by atoms with Crippen molar-refractivity contribution in [3.05, 3.63) is 52.5 Å². The van der Waals surface area contributed by atoms with Gasteiger partial charge < -0.3 is 9.47 Å². The summed E-state index contributed by atoms with van der Waals surface area (Å²) in [5, 5.41) is 4.20. The van der Waals surface area contributed by atoms with E-state index in [9.17, 15) is 0 Å². The van der Waals surface area contributed by atoms with E-state index in [2.05, 4.69) is 26.5 Å². The molecule has 20 heavy (non-hydrogen) atoms. The van der Waals surface area contributed by atoms with Crippen LogP contribution in [-0.2, 0) is 0 Å². The van der Waals surface area contributed by atoms with E-state index in [0.717, 1.165) is 15.7 Å². The van der Waals surface area contributed by atoms with Crippen LogP contribution in [0.4, 0.5) is 5.69 Å². The van der Waals surface area contributed by atoms with Crippen molar-refractivity contribution in [2.75, 3.05) is 19.6 Å². The highest BCUT2D eigenvalue weighted by atomic mass is 79.9. The molecule has 0 aliphatic rings. The summed E-state index contributed by atoms with van der Waals surface area (Å²) in [7, 11) is 3.21. The van der Waals surface area contributed by atoms with Crippen LogP contribution in [0.5, 0.6) is 11.5 Å². The Hall–Kier alpha value is -2.01. The molecular formula is C15H15BrN2O2. The summed E-state index contributed by atoms with van der Waals surface area (Å²) in [4.78, 5) is 0. The van der Waals surface area contributed by atoms with Crippen LogP contribution in [0.3, 0.4) is 0 Å². The molecule has 5 heteroatoms. The van der Waals surface area contributed by atoms with Crippen LogP contribution in [0.2, 0.25) is 0 Å². The average Bonchev–Trinajstić information content (AvgIpc) is 2.49. The fourth-order valence-corrected chi connectivity index (χ4v) is 2.29. The van der Waals surface area contributed by atoms with Crippen molar-refractivity contribution >= 4 is 27.8 Å². The van der Waals surface area contributed by atoms with Crippen molar-refractivity contribution in [1.82, 2.24) is 0 Å². The average molecular weight is 335 g/mol. The van der Waals surface area contributed by atoms with Gasteiger partial charge in [0.1, 0.15) is 0 Å². The summed E-state index contributed by atoms with van der Waals surface area (Å²) < 4.78 is 11.4. The fraction of sp³-hybridized carbons (Fsp3) is 0.133. The maximum absolute atomic E-state index is 5.32. The molecule has 0 bridgehead atoms. The third-order valence-electron chi connectivity index (χ3n) is 2.69. The highest BCUT2D eigenvalue weighted by Crippen LogP contribution is 2.36. The summed E-state index contributed by atoms with van der Waals surface area (Å²) in [6, 6.07) is 13.5. The van der Waals surface area contributed by atoms with Crippen molar-refractivity contribution in [1.29, 1.82) is 0 Å². The maximum atomic E-state index is 5.32. The number of benzene rings is 2. The zero-order chi connectivity index (χ0) is 14.4. The fourth-order valence-electron chi connectivity index (χ4n) is 1.69. The third kappa shape index (κ3) is 3.30. The lowest BCUT2D eigenvalue weighted by molar-refractivity contribution is 0.353. The van der Waals surface area contributed by atoms with Crippen LogP contribution in [0.25, 0.3) is 0 Å². The van der Waals surface area contributed by atoms with Gasteiger partial charge in [0.2, 0.25) is 0 Å². The number of anilines is 1. The molecule has 0 aliphatic heterocycles. The van der Waals surface area contributed by atoms with E-state index in [0.29, 0.717) is 11.5 Å². The van der Waals surface area contributed by atoms with Gasteiger partial charge in [-0.05, 0) is 40.2 Å². The molecule has 0 aromatic heterocycles. The van der Waals surface area contributed by atoms with Gasteiger partial charge in [0, 0.05) is 5.56 Å². The zero-order valence-electron chi connectivity index (χ0n) is 11.3. The van der Waals surface area contributed by atoms with Crippen LogP contribution in [-0.4, -0.2) is 20.4 Å². The Balaban J connectivity index is 2.17. The number of halogens is 1. The van der Waals surface area contributed by atoms with Gasteiger partial charge in [0.15, 0.2) is 11.5 Å². The molecule has 0 fully saturated rings. The number of hydrazone groups is 1. The second kappa shape index (κ2) is 6.96. The Bertz CT molecular complexity index is 600. The first-order chi connectivity index (χ1) is 9.76. The van der Waals surface area contributed by atoms with Crippen molar-refractivity contribution in [2.45, 2.75) is 0 Å². The Morgan fingerprint density at radius 2 is 1.80 bits per heavy atom. The molecular weight excluding hydrogens is 320 g/mol. The first-order valence-corrected chi connectivity index (χ1v) is 6.80. The van der Waals surface area contributed by atoms with Gasteiger partial charge in [-0.3, -0.25) is 5.43 Å². The summed E-state index contributed by atoms with van der Waals surface area (Å²) in [5.74, 6) is 1.32. The molecule has 0 unspecified atom stereocenters. The molecule has 4 nitrogen and oxygen atoms in total. The van der Waals surface area contributed by atoms with Crippen LogP contribution < -0.4 is 14.9 Å². The number of nitrogens with one attached hydrogen (secondary N) is 1. The molecule has 0 spiro atoms. The minimum atomic E-state index is 0.649. The Morgan fingerprint density at radius 3 is 2.45 bits per heavy atom. The molecule has 2 aromatic carbocycles. The van der Waals surface area contributed by atoms with E-state index in [1.54, 1.807) is 20.4 Å². The van der Waals surface area contributed by atoms with Gasteiger partial charge >= 0.3 is 0 Å². The second-order valence-electron chi connectivity index (χ2n) is 3.94. The van der Waals surface area contributed by atoms with Gasteiger partial charge in [-0.2, -0.15) is 5.10 Å². The minimum absolute atomic E-state index is 0.649. The molecule has 0 aliphatic carbocycles. The normalized spacial score (nSPS) is 10.6. The molecule has 1 N–H and O–H groups in total. The Morgan fingerprint density at radius 1 is 1.05 bits per heavy atom. The number of rotatable bonds is 5. The van der Waals surface area contributed by atoms with Crippen molar-refractivity contribution in [3.8, 4) is 11.5 Å². The number of para-hydroxylation sites is 1. The second-order valence-corrected chi connectivity index (χ2v) is 4.73. The van der Waals surface area contributed by atoms with Crippen molar-refractivity contribution < 1.29 is 9.47 Å². The van der Waals surface area contributed by atoms with Crippen LogP contribution in [0.15, 0.2) is 52.0 Å². The lowest BCUT2D eigenvalue weighted by Crippen LogP contribution is -1.96. The molecule has 0 amide bonds. The zero-order valence-corrected chi connectivity index (χ0v) is 12.8. The minimum Gasteiger partial charge on any atom is -0.493 e. The molecule has 2 aromatic rings. The Labute approximate surface area is 126 Å². The summed E-state index contributed by atoms with van der Waals surface area (Å²) in [6.45, 7) is 0. The van der Waals surface area contributed by atoms with E-state index in [-0.39, 0.29) is 0 Å². The monoisotopic (exact) mass is 334 g/mol. The van der Waals surface area contributed by atoms with Crippen LogP contribution in [0, 0.1) is 0 Å². The highest BCUT2D eigenvalue weighted by Gasteiger charge is 2.11. The lowest BCUT2D eigenvalue weighted by Gasteiger charge is -2.10. The summed E-state index contributed by atoms with van der Waals surface area (Å²) in [5.41, 5.74) is 4.79. The van der Waals surface area contributed by atoms with Gasteiger partial charge in [0.05, 0.1) is 30.6 Å². The summed E-state index contributed by atoms with van der Waals surface area (Å²) >= 11 is 3.50. The maximum Gasteiger partial charge on any atom is 0.175 e. The van der Waals surface area contributed by atoms with E-state index in [4.69, 9.17) is 9.47 Å². The van der Waals surface area contributed by atoms with E-state index < -0.39 is 0 Å². The van der Waals surface area contributed by atoms with Gasteiger partial charge in [-0.1, -0.05) is 18.2 Å². The number of methoxy groups -OCH3 is 2. The van der Waals surface area contributed by atoms with E-state index in [1.165, 1.54) is 0 Å². The number of ether oxygens (including phenoxy) is 2. The Kier molecular flexibility index (Phi) is 5.01. The predicted molar refractivity (Wildman–Crippen MR) is 84.9 cm³/mol. The molecule has 2 rings (SSSR count). The first-order valence-electron chi connectivity index (χ1n) is 6.01. The lowest BCUT2D eigenvalue weighted by atomic mass is 10.2. The highest BCUT2D eigenvalue weighted by molar-refractivity contribution is 9.10. The number of hydrogen-bond donors (Lipinski definition) is 1. The molecule has 104 valence electrons. The summed E-state index contributed by atoms with van der Waals surface area (Å²) in [6.07, 6.45) is 1.72. The van der Waals surface area contributed by atoms with Gasteiger partial charge in [-0.25, -0.2) is 0 Å². The third-order valence-corrected chi connectivity index (χ3v) is 3.50. The van der Waals surface area contributed by atoms with Crippen molar-refractivity contribution in [3.63, 3.8) is 0 Å².